The van der Waals surface area contributed by atoms with Crippen LogP contribution in [0.25, 0.3) is 6.08 Å². The lowest BCUT2D eigenvalue weighted by atomic mass is 10.2. The third-order valence-corrected chi connectivity index (χ3v) is 1.79. The van der Waals surface area contributed by atoms with E-state index >= 15 is 0 Å². The van der Waals surface area contributed by atoms with Crippen LogP contribution in [0.4, 0.5) is 5.69 Å². The SMILES string of the molecule is CN(C)c1ccc(/C=C\Cl)cc1. The summed E-state index contributed by atoms with van der Waals surface area (Å²) in [5.41, 5.74) is 3.84. The second-order valence-electron chi connectivity index (χ2n) is 2.78. The van der Waals surface area contributed by atoms with Crippen molar-refractivity contribution in [3.05, 3.63) is 35.4 Å². The third-order valence-electron chi connectivity index (χ3n) is 1.66. The maximum atomic E-state index is 5.45. The van der Waals surface area contributed by atoms with E-state index in [2.05, 4.69) is 17.0 Å². The van der Waals surface area contributed by atoms with Gasteiger partial charge in [0, 0.05) is 25.3 Å². The van der Waals surface area contributed by atoms with Gasteiger partial charge in [-0.1, -0.05) is 23.7 Å². The van der Waals surface area contributed by atoms with E-state index in [0.29, 0.717) is 0 Å². The largest absolute Gasteiger partial charge is 0.378 e. The average Bonchev–Trinajstić information content (AvgIpc) is 2.06. The van der Waals surface area contributed by atoms with E-state index < -0.39 is 0 Å². The summed E-state index contributed by atoms with van der Waals surface area (Å²) >= 11 is 5.45. The normalized spacial score (nSPS) is 10.6. The summed E-state index contributed by atoms with van der Waals surface area (Å²) < 4.78 is 0. The van der Waals surface area contributed by atoms with Gasteiger partial charge in [0.05, 0.1) is 0 Å². The van der Waals surface area contributed by atoms with Gasteiger partial charge in [0.1, 0.15) is 0 Å². The van der Waals surface area contributed by atoms with Gasteiger partial charge in [0.15, 0.2) is 0 Å². The molecule has 0 saturated carbocycles. The lowest BCUT2D eigenvalue weighted by Gasteiger charge is -2.11. The van der Waals surface area contributed by atoms with Crippen molar-refractivity contribution in [3.8, 4) is 0 Å². The Bertz CT molecular complexity index is 262. The Balaban J connectivity index is 2.85. The molecule has 0 spiro atoms. The van der Waals surface area contributed by atoms with Gasteiger partial charge in [-0.15, -0.1) is 0 Å². The summed E-state index contributed by atoms with van der Waals surface area (Å²) in [5.74, 6) is 0. The van der Waals surface area contributed by atoms with E-state index in [1.165, 1.54) is 11.2 Å². The standard InChI is InChI=1S/C10H12ClN/c1-12(2)10-5-3-9(4-6-10)7-8-11/h3-8H,1-2H3/b8-7-. The van der Waals surface area contributed by atoms with Gasteiger partial charge in [-0.3, -0.25) is 0 Å². The number of halogens is 1. The molecule has 1 aromatic carbocycles. The quantitative estimate of drug-likeness (QED) is 0.678. The Labute approximate surface area is 78.3 Å². The maximum Gasteiger partial charge on any atom is 0.0361 e. The summed E-state index contributed by atoms with van der Waals surface area (Å²) in [6.45, 7) is 0. The fourth-order valence-electron chi connectivity index (χ4n) is 0.956. The van der Waals surface area contributed by atoms with Crippen LogP contribution in [0.3, 0.4) is 0 Å². The van der Waals surface area contributed by atoms with Crippen molar-refractivity contribution in [3.63, 3.8) is 0 Å². The van der Waals surface area contributed by atoms with Crippen molar-refractivity contribution >= 4 is 23.4 Å². The molecule has 1 nitrogen and oxygen atoms in total. The van der Waals surface area contributed by atoms with Gasteiger partial charge in [-0.2, -0.15) is 0 Å². The zero-order valence-corrected chi connectivity index (χ0v) is 8.05. The molecule has 0 aliphatic rings. The minimum absolute atomic E-state index is 1.12. The van der Waals surface area contributed by atoms with E-state index in [9.17, 15) is 0 Å². The number of nitrogens with zero attached hydrogens (tertiary/aromatic N) is 1. The fourth-order valence-corrected chi connectivity index (χ4v) is 1.10. The molecule has 0 saturated heterocycles. The topological polar surface area (TPSA) is 3.24 Å². The zero-order chi connectivity index (χ0) is 8.97. The molecule has 0 unspecified atom stereocenters. The highest BCUT2D eigenvalue weighted by Gasteiger charge is 1.92. The number of rotatable bonds is 2. The van der Waals surface area contributed by atoms with Crippen molar-refractivity contribution < 1.29 is 0 Å². The maximum absolute atomic E-state index is 5.45. The predicted octanol–water partition coefficient (Wildman–Crippen LogP) is 2.96. The summed E-state index contributed by atoms with van der Waals surface area (Å²) in [6.07, 6.45) is 1.86. The first-order chi connectivity index (χ1) is 5.74. The number of anilines is 1. The molecule has 64 valence electrons. The number of benzene rings is 1. The highest BCUT2D eigenvalue weighted by atomic mass is 35.5. The van der Waals surface area contributed by atoms with Crippen LogP contribution in [0.5, 0.6) is 0 Å². The molecule has 12 heavy (non-hydrogen) atoms. The molecule has 0 heterocycles. The highest BCUT2D eigenvalue weighted by molar-refractivity contribution is 6.27. The van der Waals surface area contributed by atoms with E-state index in [-0.39, 0.29) is 0 Å². The Hall–Kier alpha value is -0.950. The number of hydrogen-bond donors (Lipinski definition) is 0. The van der Waals surface area contributed by atoms with Crippen LogP contribution in [0.1, 0.15) is 5.56 Å². The Morgan fingerprint density at radius 3 is 2.17 bits per heavy atom. The summed E-state index contributed by atoms with van der Waals surface area (Å²) in [7, 11) is 4.04. The third kappa shape index (κ3) is 2.28. The molecular formula is C10H12ClN. The molecule has 0 aliphatic carbocycles. The minimum atomic E-state index is 1.12. The Kier molecular flexibility index (Phi) is 3.18. The van der Waals surface area contributed by atoms with Crippen molar-refractivity contribution in [2.75, 3.05) is 19.0 Å². The van der Waals surface area contributed by atoms with Gasteiger partial charge in [0.25, 0.3) is 0 Å². The first-order valence-corrected chi connectivity index (χ1v) is 4.22. The fraction of sp³-hybridized carbons (Fsp3) is 0.200. The highest BCUT2D eigenvalue weighted by Crippen LogP contribution is 2.13. The van der Waals surface area contributed by atoms with Gasteiger partial charge < -0.3 is 4.90 Å². The smallest absolute Gasteiger partial charge is 0.0361 e. The van der Waals surface area contributed by atoms with Gasteiger partial charge >= 0.3 is 0 Å². The van der Waals surface area contributed by atoms with Gasteiger partial charge in [-0.05, 0) is 23.8 Å². The molecule has 2 heteroatoms. The molecule has 0 N–H and O–H groups in total. The van der Waals surface area contributed by atoms with E-state index in [1.807, 2.05) is 32.3 Å². The van der Waals surface area contributed by atoms with Crippen LogP contribution < -0.4 is 4.90 Å². The lowest BCUT2D eigenvalue weighted by molar-refractivity contribution is 1.13. The molecular weight excluding hydrogens is 170 g/mol. The van der Waals surface area contributed by atoms with Crippen LogP contribution in [0, 0.1) is 0 Å². The van der Waals surface area contributed by atoms with Crippen LogP contribution in [0.15, 0.2) is 29.8 Å². The molecule has 1 aromatic rings. The molecule has 1 rings (SSSR count). The minimum Gasteiger partial charge on any atom is -0.378 e. The second-order valence-corrected chi connectivity index (χ2v) is 3.03. The first-order valence-electron chi connectivity index (χ1n) is 3.78. The average molecular weight is 182 g/mol. The molecule has 0 radical (unpaired) electrons. The van der Waals surface area contributed by atoms with E-state index in [1.54, 1.807) is 0 Å². The monoisotopic (exact) mass is 181 g/mol. The molecule has 0 amide bonds. The molecule has 0 aliphatic heterocycles. The van der Waals surface area contributed by atoms with Crippen LogP contribution in [-0.2, 0) is 0 Å². The van der Waals surface area contributed by atoms with E-state index in [4.69, 9.17) is 11.6 Å². The molecule has 0 fully saturated rings. The van der Waals surface area contributed by atoms with E-state index in [0.717, 1.165) is 5.56 Å². The Morgan fingerprint density at radius 2 is 1.75 bits per heavy atom. The van der Waals surface area contributed by atoms with Crippen molar-refractivity contribution in [1.82, 2.24) is 0 Å². The van der Waals surface area contributed by atoms with Gasteiger partial charge in [0.2, 0.25) is 0 Å². The van der Waals surface area contributed by atoms with Crippen molar-refractivity contribution in [2.45, 2.75) is 0 Å². The molecule has 0 atom stereocenters. The van der Waals surface area contributed by atoms with Crippen LogP contribution >= 0.6 is 11.6 Å². The first kappa shape index (κ1) is 9.14. The summed E-state index contributed by atoms with van der Waals surface area (Å²) in [6, 6.07) is 8.20. The summed E-state index contributed by atoms with van der Waals surface area (Å²) in [4.78, 5) is 2.06. The number of hydrogen-bond acceptors (Lipinski definition) is 1. The summed E-state index contributed by atoms with van der Waals surface area (Å²) in [5, 5.41) is 0. The molecule has 0 bridgehead atoms. The Morgan fingerprint density at radius 1 is 1.17 bits per heavy atom. The van der Waals surface area contributed by atoms with Crippen molar-refractivity contribution in [1.29, 1.82) is 0 Å². The van der Waals surface area contributed by atoms with Crippen LogP contribution in [-0.4, -0.2) is 14.1 Å². The predicted molar refractivity (Wildman–Crippen MR) is 55.7 cm³/mol. The van der Waals surface area contributed by atoms with Crippen LogP contribution in [0.2, 0.25) is 0 Å². The zero-order valence-electron chi connectivity index (χ0n) is 7.29. The second kappa shape index (κ2) is 4.17. The molecule has 0 aromatic heterocycles. The lowest BCUT2D eigenvalue weighted by Crippen LogP contribution is -2.07. The van der Waals surface area contributed by atoms with Gasteiger partial charge in [-0.25, -0.2) is 0 Å². The van der Waals surface area contributed by atoms with Crippen molar-refractivity contribution in [2.24, 2.45) is 0 Å².